The van der Waals surface area contributed by atoms with E-state index in [-0.39, 0.29) is 12.2 Å². The summed E-state index contributed by atoms with van der Waals surface area (Å²) in [5.74, 6) is 1.18. The summed E-state index contributed by atoms with van der Waals surface area (Å²) in [4.78, 5) is 0. The molecule has 1 heterocycles. The Morgan fingerprint density at radius 1 is 0.917 bits per heavy atom. The summed E-state index contributed by atoms with van der Waals surface area (Å²) in [5.41, 5.74) is 0. The Hall–Kier alpha value is -0.0800. The van der Waals surface area contributed by atoms with E-state index in [1.54, 1.807) is 7.11 Å². The summed E-state index contributed by atoms with van der Waals surface area (Å²) < 4.78 is 11.2. The number of rotatable bonds is 1. The molecule has 0 spiro atoms. The highest BCUT2D eigenvalue weighted by Gasteiger charge is 2.37. The average Bonchev–Trinajstić information content (AvgIpc) is 2.01. The van der Waals surface area contributed by atoms with Crippen molar-refractivity contribution in [2.45, 2.75) is 46.0 Å². The fraction of sp³-hybridized carbons (Fsp3) is 1.00. The third-order valence-electron chi connectivity index (χ3n) is 3.25. The van der Waals surface area contributed by atoms with Gasteiger partial charge in [0.1, 0.15) is 0 Å². The molecule has 0 aliphatic carbocycles. The van der Waals surface area contributed by atoms with E-state index in [1.807, 2.05) is 0 Å². The van der Waals surface area contributed by atoms with Gasteiger partial charge in [-0.3, -0.25) is 0 Å². The van der Waals surface area contributed by atoms with E-state index in [4.69, 9.17) is 9.47 Å². The molecular weight excluding hydrogens is 152 g/mol. The summed E-state index contributed by atoms with van der Waals surface area (Å²) in [6.07, 6.45) is 0.855. The van der Waals surface area contributed by atoms with Gasteiger partial charge in [-0.05, 0) is 25.7 Å². The van der Waals surface area contributed by atoms with Gasteiger partial charge in [0.2, 0.25) is 0 Å². The smallest absolute Gasteiger partial charge is 0.0859 e. The van der Waals surface area contributed by atoms with Crippen LogP contribution in [0.1, 0.15) is 27.7 Å². The largest absolute Gasteiger partial charge is 0.378 e. The fourth-order valence-electron chi connectivity index (χ4n) is 2.10. The van der Waals surface area contributed by atoms with Crippen molar-refractivity contribution in [3.05, 3.63) is 0 Å². The zero-order valence-electron chi connectivity index (χ0n) is 8.70. The zero-order valence-corrected chi connectivity index (χ0v) is 8.70. The highest BCUT2D eigenvalue weighted by atomic mass is 16.5. The lowest BCUT2D eigenvalue weighted by Gasteiger charge is -2.41. The molecule has 0 aromatic rings. The van der Waals surface area contributed by atoms with Crippen LogP contribution in [0.2, 0.25) is 0 Å². The molecule has 0 N–H and O–H groups in total. The van der Waals surface area contributed by atoms with Crippen molar-refractivity contribution in [2.75, 3.05) is 7.11 Å². The molecule has 5 atom stereocenters. The highest BCUT2D eigenvalue weighted by Crippen LogP contribution is 2.31. The summed E-state index contributed by atoms with van der Waals surface area (Å²) in [5, 5.41) is 0. The number of hydrogen-bond donors (Lipinski definition) is 0. The second-order valence-electron chi connectivity index (χ2n) is 3.96. The standard InChI is InChI=1S/C10H20O2/c1-6-7(2)10(11-5)9(4)12-8(6)3/h6-10H,1-5H3. The molecular formula is C10H20O2. The lowest BCUT2D eigenvalue weighted by molar-refractivity contribution is -0.165. The third-order valence-corrected chi connectivity index (χ3v) is 3.25. The van der Waals surface area contributed by atoms with Crippen LogP contribution in [0.5, 0.6) is 0 Å². The van der Waals surface area contributed by atoms with Crippen LogP contribution < -0.4 is 0 Å². The van der Waals surface area contributed by atoms with Gasteiger partial charge in [-0.25, -0.2) is 0 Å². The van der Waals surface area contributed by atoms with Gasteiger partial charge in [-0.2, -0.15) is 0 Å². The lowest BCUT2D eigenvalue weighted by atomic mass is 9.82. The van der Waals surface area contributed by atoms with Gasteiger partial charge in [0.15, 0.2) is 0 Å². The molecule has 5 unspecified atom stereocenters. The van der Waals surface area contributed by atoms with Gasteiger partial charge in [-0.15, -0.1) is 0 Å². The quantitative estimate of drug-likeness (QED) is 0.603. The first kappa shape index (κ1) is 10.0. The predicted molar refractivity (Wildman–Crippen MR) is 49.1 cm³/mol. The molecule has 1 rings (SSSR count). The molecule has 1 saturated heterocycles. The van der Waals surface area contributed by atoms with Crippen LogP contribution in [0.15, 0.2) is 0 Å². The Morgan fingerprint density at radius 3 is 2.00 bits per heavy atom. The van der Waals surface area contributed by atoms with Gasteiger partial charge in [0.25, 0.3) is 0 Å². The van der Waals surface area contributed by atoms with E-state index in [0.29, 0.717) is 17.9 Å². The molecule has 2 nitrogen and oxygen atoms in total. The van der Waals surface area contributed by atoms with Gasteiger partial charge in [0.05, 0.1) is 18.3 Å². The molecule has 2 heteroatoms. The van der Waals surface area contributed by atoms with Crippen LogP contribution in [-0.4, -0.2) is 25.4 Å². The summed E-state index contributed by atoms with van der Waals surface area (Å²) in [6.45, 7) is 8.71. The second kappa shape index (κ2) is 3.75. The maximum absolute atomic E-state index is 5.75. The van der Waals surface area contributed by atoms with Gasteiger partial charge >= 0.3 is 0 Å². The van der Waals surface area contributed by atoms with E-state index < -0.39 is 0 Å². The summed E-state index contributed by atoms with van der Waals surface area (Å²) in [7, 11) is 1.77. The van der Waals surface area contributed by atoms with Gasteiger partial charge in [-0.1, -0.05) is 13.8 Å². The highest BCUT2D eigenvalue weighted by molar-refractivity contribution is 4.84. The maximum atomic E-state index is 5.75. The topological polar surface area (TPSA) is 18.5 Å². The molecule has 1 aliphatic heterocycles. The first-order chi connectivity index (χ1) is 5.57. The van der Waals surface area contributed by atoms with Crippen LogP contribution in [0.4, 0.5) is 0 Å². The Kier molecular flexibility index (Phi) is 3.13. The normalized spacial score (nSPS) is 49.2. The molecule has 12 heavy (non-hydrogen) atoms. The minimum atomic E-state index is 0.233. The number of ether oxygens (including phenoxy) is 2. The van der Waals surface area contributed by atoms with E-state index in [0.717, 1.165) is 0 Å². The van der Waals surface area contributed by atoms with Crippen molar-refractivity contribution in [2.24, 2.45) is 11.8 Å². The maximum Gasteiger partial charge on any atom is 0.0859 e. The minimum absolute atomic E-state index is 0.233. The van der Waals surface area contributed by atoms with Crippen molar-refractivity contribution < 1.29 is 9.47 Å². The minimum Gasteiger partial charge on any atom is -0.378 e. The van der Waals surface area contributed by atoms with Crippen molar-refractivity contribution in [3.63, 3.8) is 0 Å². The van der Waals surface area contributed by atoms with Crippen LogP contribution in [0.3, 0.4) is 0 Å². The second-order valence-corrected chi connectivity index (χ2v) is 3.96. The van der Waals surface area contributed by atoms with Crippen molar-refractivity contribution >= 4 is 0 Å². The fourth-order valence-corrected chi connectivity index (χ4v) is 2.10. The van der Waals surface area contributed by atoms with Crippen molar-refractivity contribution in [1.82, 2.24) is 0 Å². The Labute approximate surface area is 75.2 Å². The third kappa shape index (κ3) is 1.64. The first-order valence-corrected chi connectivity index (χ1v) is 4.76. The molecule has 1 fully saturated rings. The Balaban J connectivity index is 2.65. The molecule has 0 bridgehead atoms. The van der Waals surface area contributed by atoms with E-state index >= 15 is 0 Å². The first-order valence-electron chi connectivity index (χ1n) is 4.76. The van der Waals surface area contributed by atoms with Gasteiger partial charge in [0, 0.05) is 7.11 Å². The van der Waals surface area contributed by atoms with Crippen molar-refractivity contribution in [1.29, 1.82) is 0 Å². The Bertz CT molecular complexity index is 147. The molecule has 0 aromatic heterocycles. The molecule has 0 amide bonds. The predicted octanol–water partition coefficient (Wildman–Crippen LogP) is 2.08. The van der Waals surface area contributed by atoms with Gasteiger partial charge < -0.3 is 9.47 Å². The Morgan fingerprint density at radius 2 is 1.50 bits per heavy atom. The zero-order chi connectivity index (χ0) is 9.30. The number of methoxy groups -OCH3 is 1. The van der Waals surface area contributed by atoms with E-state index in [9.17, 15) is 0 Å². The molecule has 0 radical (unpaired) electrons. The van der Waals surface area contributed by atoms with E-state index in [1.165, 1.54) is 0 Å². The average molecular weight is 172 g/mol. The van der Waals surface area contributed by atoms with Crippen LogP contribution >= 0.6 is 0 Å². The van der Waals surface area contributed by atoms with Crippen LogP contribution in [-0.2, 0) is 9.47 Å². The lowest BCUT2D eigenvalue weighted by Crippen LogP contribution is -2.47. The van der Waals surface area contributed by atoms with Crippen molar-refractivity contribution in [3.8, 4) is 0 Å². The molecule has 1 aliphatic rings. The van der Waals surface area contributed by atoms with E-state index in [2.05, 4.69) is 27.7 Å². The number of hydrogen-bond acceptors (Lipinski definition) is 2. The molecule has 72 valence electrons. The monoisotopic (exact) mass is 172 g/mol. The summed E-state index contributed by atoms with van der Waals surface area (Å²) >= 11 is 0. The summed E-state index contributed by atoms with van der Waals surface area (Å²) in [6, 6.07) is 0. The SMILES string of the molecule is COC1C(C)OC(C)C(C)C1C. The van der Waals surface area contributed by atoms with Crippen LogP contribution in [0.25, 0.3) is 0 Å². The molecule has 0 saturated carbocycles. The molecule has 0 aromatic carbocycles. The van der Waals surface area contributed by atoms with Crippen LogP contribution in [0, 0.1) is 11.8 Å².